The first-order valence-electron chi connectivity index (χ1n) is 6.47. The van der Waals surface area contributed by atoms with Crippen LogP contribution in [-0.4, -0.2) is 46.0 Å². The molecule has 7 nitrogen and oxygen atoms in total. The number of methoxy groups -OCH3 is 2. The number of carbonyl (C=O) groups excluding carboxylic acids is 1. The maximum atomic E-state index is 11.8. The number of rotatable bonds is 10. The van der Waals surface area contributed by atoms with Crippen molar-refractivity contribution in [2.45, 2.75) is 25.7 Å². The van der Waals surface area contributed by atoms with Crippen LogP contribution in [0.3, 0.4) is 0 Å². The molecule has 9 heteroatoms. The smallest absolute Gasteiger partial charge is 0.305 e. The monoisotopic (exact) mass is 336 g/mol. The van der Waals surface area contributed by atoms with E-state index in [-0.39, 0.29) is 11.7 Å². The summed E-state index contributed by atoms with van der Waals surface area (Å²) in [6.45, 7) is 0.400. The van der Waals surface area contributed by atoms with Crippen LogP contribution in [0.2, 0.25) is 0 Å². The van der Waals surface area contributed by atoms with Crippen molar-refractivity contribution >= 4 is 32.5 Å². The highest BCUT2D eigenvalue weighted by Gasteiger charge is 2.13. The van der Waals surface area contributed by atoms with Crippen LogP contribution in [0.25, 0.3) is 0 Å². The van der Waals surface area contributed by atoms with Crippen molar-refractivity contribution in [2.75, 3.05) is 31.3 Å². The Kier molecular flexibility index (Phi) is 7.62. The molecule has 0 aliphatic heterocycles. The molecule has 1 rings (SSSR count). The fourth-order valence-corrected chi connectivity index (χ4v) is 3.64. The van der Waals surface area contributed by atoms with Gasteiger partial charge in [0.25, 0.3) is 0 Å². The van der Waals surface area contributed by atoms with Gasteiger partial charge >= 0.3 is 5.97 Å². The first-order valence-corrected chi connectivity index (χ1v) is 9.00. The maximum absolute atomic E-state index is 11.8. The lowest BCUT2D eigenvalue weighted by Crippen LogP contribution is -2.17. The van der Waals surface area contributed by atoms with Crippen molar-refractivity contribution in [3.8, 4) is 0 Å². The Morgan fingerprint density at radius 2 is 2.14 bits per heavy atom. The molecule has 0 unspecified atom stereocenters. The average Bonchev–Trinajstić information content (AvgIpc) is 2.85. The van der Waals surface area contributed by atoms with Gasteiger partial charge in [-0.1, -0.05) is 0 Å². The summed E-state index contributed by atoms with van der Waals surface area (Å²) >= 11 is 1.23. The Morgan fingerprint density at radius 1 is 1.38 bits per heavy atom. The number of carbonyl (C=O) groups is 1. The Labute approximate surface area is 128 Å². The molecule has 0 saturated heterocycles. The molecule has 0 radical (unpaired) electrons. The van der Waals surface area contributed by atoms with Crippen LogP contribution in [0, 0.1) is 0 Å². The molecule has 0 bridgehead atoms. The predicted octanol–water partition coefficient (Wildman–Crippen LogP) is 1.42. The molecule has 0 spiro atoms. The second kappa shape index (κ2) is 8.96. The number of nitrogens with one attached hydrogen (secondary N) is 1. The highest BCUT2D eigenvalue weighted by atomic mass is 32.2. The summed E-state index contributed by atoms with van der Waals surface area (Å²) in [4.78, 5) is 15.2. The number of nitrogens with zero attached hydrogens (tertiary/aromatic N) is 1. The number of ether oxygens (including phenoxy) is 2. The number of hydrogen-bond donors (Lipinski definition) is 1. The van der Waals surface area contributed by atoms with Gasteiger partial charge in [0, 0.05) is 25.5 Å². The van der Waals surface area contributed by atoms with Crippen LogP contribution in [-0.2, 0) is 30.7 Å². The number of thiazole rings is 1. The van der Waals surface area contributed by atoms with E-state index in [1.54, 1.807) is 5.38 Å². The molecular formula is C12H20N2O5S2. The predicted molar refractivity (Wildman–Crippen MR) is 81.0 cm³/mol. The average molecular weight is 336 g/mol. The Balaban J connectivity index is 2.42. The minimum absolute atomic E-state index is 0.00189. The summed E-state index contributed by atoms with van der Waals surface area (Å²) in [6, 6.07) is 0. The van der Waals surface area contributed by atoms with Gasteiger partial charge in [0.2, 0.25) is 10.0 Å². The van der Waals surface area contributed by atoms with Gasteiger partial charge in [-0.2, -0.15) is 0 Å². The minimum Gasteiger partial charge on any atom is -0.469 e. The Bertz CT molecular complexity index is 542. The quantitative estimate of drug-likeness (QED) is 0.513. The molecule has 1 aromatic rings. The number of aromatic nitrogens is 1. The molecule has 0 aliphatic rings. The molecule has 1 aromatic heterocycles. The summed E-state index contributed by atoms with van der Waals surface area (Å²) in [5.74, 6) is -0.262. The summed E-state index contributed by atoms with van der Waals surface area (Å²) in [5, 5.41) is 2.13. The first kappa shape index (κ1) is 17.9. The second-order valence-corrected chi connectivity index (χ2v) is 7.04. The summed E-state index contributed by atoms with van der Waals surface area (Å²) < 4.78 is 35.3. The van der Waals surface area contributed by atoms with E-state index >= 15 is 0 Å². The van der Waals surface area contributed by atoms with E-state index in [1.165, 1.54) is 25.6 Å². The van der Waals surface area contributed by atoms with E-state index in [1.807, 2.05) is 0 Å². The van der Waals surface area contributed by atoms with Crippen LogP contribution >= 0.6 is 11.3 Å². The van der Waals surface area contributed by atoms with E-state index in [9.17, 15) is 13.2 Å². The molecule has 21 heavy (non-hydrogen) atoms. The van der Waals surface area contributed by atoms with Crippen molar-refractivity contribution in [3.05, 3.63) is 11.1 Å². The van der Waals surface area contributed by atoms with Crippen LogP contribution in [0.1, 0.15) is 25.0 Å². The van der Waals surface area contributed by atoms with Crippen LogP contribution in [0.5, 0.6) is 0 Å². The van der Waals surface area contributed by atoms with Crippen molar-refractivity contribution in [3.63, 3.8) is 0 Å². The largest absolute Gasteiger partial charge is 0.469 e. The SMILES string of the molecule is COCCCS(=O)(=O)Nc1nc(CCCC(=O)OC)cs1. The van der Waals surface area contributed by atoms with Gasteiger partial charge in [-0.15, -0.1) is 11.3 Å². The van der Waals surface area contributed by atoms with Gasteiger partial charge in [-0.3, -0.25) is 9.52 Å². The molecule has 0 aromatic carbocycles. The molecule has 120 valence electrons. The minimum atomic E-state index is -3.39. The number of anilines is 1. The first-order chi connectivity index (χ1) is 9.96. The highest BCUT2D eigenvalue weighted by molar-refractivity contribution is 7.92. The third-order valence-electron chi connectivity index (χ3n) is 2.60. The van der Waals surface area contributed by atoms with Gasteiger partial charge in [0.05, 0.1) is 18.6 Å². The normalized spacial score (nSPS) is 11.3. The number of sulfonamides is 1. The molecular weight excluding hydrogens is 316 g/mol. The van der Waals surface area contributed by atoms with Gasteiger partial charge in [0.15, 0.2) is 5.13 Å². The second-order valence-electron chi connectivity index (χ2n) is 4.34. The fourth-order valence-electron chi connectivity index (χ4n) is 1.56. The molecule has 0 saturated carbocycles. The van der Waals surface area contributed by atoms with Crippen molar-refractivity contribution < 1.29 is 22.7 Å². The zero-order chi connectivity index (χ0) is 15.7. The molecule has 0 atom stereocenters. The molecule has 0 fully saturated rings. The third-order valence-corrected chi connectivity index (χ3v) is 4.86. The van der Waals surface area contributed by atoms with E-state index in [0.717, 1.165) is 5.69 Å². The van der Waals surface area contributed by atoms with Gasteiger partial charge in [0.1, 0.15) is 0 Å². The van der Waals surface area contributed by atoms with Crippen molar-refractivity contribution in [1.82, 2.24) is 4.98 Å². The third kappa shape index (κ3) is 7.39. The lowest BCUT2D eigenvalue weighted by atomic mass is 10.2. The Morgan fingerprint density at radius 3 is 2.81 bits per heavy atom. The van der Waals surface area contributed by atoms with Crippen molar-refractivity contribution in [2.24, 2.45) is 0 Å². The lowest BCUT2D eigenvalue weighted by molar-refractivity contribution is -0.140. The molecule has 1 N–H and O–H groups in total. The van der Waals surface area contributed by atoms with Gasteiger partial charge in [-0.05, 0) is 19.3 Å². The lowest BCUT2D eigenvalue weighted by Gasteiger charge is -2.04. The van der Waals surface area contributed by atoms with E-state index in [0.29, 0.717) is 37.4 Å². The van der Waals surface area contributed by atoms with Gasteiger partial charge in [-0.25, -0.2) is 13.4 Å². The molecule has 1 heterocycles. The van der Waals surface area contributed by atoms with Crippen LogP contribution in [0.15, 0.2) is 5.38 Å². The van der Waals surface area contributed by atoms with E-state index in [2.05, 4.69) is 14.4 Å². The summed E-state index contributed by atoms with van der Waals surface area (Å²) in [7, 11) is -0.510. The van der Waals surface area contributed by atoms with Crippen LogP contribution < -0.4 is 4.72 Å². The fraction of sp³-hybridized carbons (Fsp3) is 0.667. The maximum Gasteiger partial charge on any atom is 0.305 e. The summed E-state index contributed by atoms with van der Waals surface area (Å²) in [5.41, 5.74) is 0.762. The van der Waals surface area contributed by atoms with Gasteiger partial charge < -0.3 is 9.47 Å². The zero-order valence-electron chi connectivity index (χ0n) is 12.1. The summed E-state index contributed by atoms with van der Waals surface area (Å²) in [6.07, 6.45) is 1.99. The standard InChI is InChI=1S/C12H20N2O5S2/c1-18-7-4-8-21(16,17)14-12-13-10(9-20-12)5-3-6-11(15)19-2/h9H,3-8H2,1-2H3,(H,13,14). The number of esters is 1. The van der Waals surface area contributed by atoms with Crippen LogP contribution in [0.4, 0.5) is 5.13 Å². The Hall–Kier alpha value is -1.19. The zero-order valence-corrected chi connectivity index (χ0v) is 13.8. The number of hydrogen-bond acceptors (Lipinski definition) is 7. The molecule has 0 amide bonds. The topological polar surface area (TPSA) is 94.6 Å². The number of aryl methyl sites for hydroxylation is 1. The van der Waals surface area contributed by atoms with Crippen molar-refractivity contribution in [1.29, 1.82) is 0 Å². The van der Waals surface area contributed by atoms with E-state index in [4.69, 9.17) is 4.74 Å². The molecule has 0 aliphatic carbocycles. The van der Waals surface area contributed by atoms with E-state index < -0.39 is 10.0 Å². The highest BCUT2D eigenvalue weighted by Crippen LogP contribution is 2.18.